The number of nitrogens with zero attached hydrogens (tertiary/aromatic N) is 3. The predicted octanol–water partition coefficient (Wildman–Crippen LogP) is 3.09. The highest BCUT2D eigenvalue weighted by Crippen LogP contribution is 2.31. The summed E-state index contributed by atoms with van der Waals surface area (Å²) in [4.78, 5) is 12.7. The maximum Gasteiger partial charge on any atom is 0.270 e. The van der Waals surface area contributed by atoms with Crippen LogP contribution in [0.1, 0.15) is 24.4 Å². The van der Waals surface area contributed by atoms with E-state index in [1.54, 1.807) is 0 Å². The highest BCUT2D eigenvalue weighted by atomic mass is 32.2. The zero-order valence-electron chi connectivity index (χ0n) is 16.6. The summed E-state index contributed by atoms with van der Waals surface area (Å²) in [5, 5.41) is 14.4. The molecule has 0 radical (unpaired) electrons. The van der Waals surface area contributed by atoms with Crippen LogP contribution in [-0.2, 0) is 10.0 Å². The van der Waals surface area contributed by atoms with Gasteiger partial charge in [0.1, 0.15) is 4.90 Å². The first-order valence-corrected chi connectivity index (χ1v) is 11.0. The molecule has 0 saturated carbocycles. The average Bonchev–Trinajstić information content (AvgIpc) is 3.24. The summed E-state index contributed by atoms with van der Waals surface area (Å²) >= 11 is 0. The molecule has 2 aromatic carbocycles. The molecule has 1 aliphatic rings. The Balaban J connectivity index is 1.93. The van der Waals surface area contributed by atoms with Gasteiger partial charge in [0.05, 0.1) is 16.7 Å². The molecule has 0 aromatic heterocycles. The van der Waals surface area contributed by atoms with E-state index in [0.717, 1.165) is 24.5 Å². The van der Waals surface area contributed by atoms with E-state index in [0.29, 0.717) is 25.3 Å². The highest BCUT2D eigenvalue weighted by Gasteiger charge is 2.31. The Labute approximate surface area is 171 Å². The summed E-state index contributed by atoms with van der Waals surface area (Å²) in [5.41, 5.74) is 1.24. The lowest BCUT2D eigenvalue weighted by molar-refractivity contribution is -0.385. The van der Waals surface area contributed by atoms with E-state index in [9.17, 15) is 18.5 Å². The van der Waals surface area contributed by atoms with Gasteiger partial charge in [-0.15, -0.1) is 0 Å². The van der Waals surface area contributed by atoms with Gasteiger partial charge in [-0.25, -0.2) is 8.42 Å². The van der Waals surface area contributed by atoms with Crippen molar-refractivity contribution in [3.05, 3.63) is 64.2 Å². The first-order chi connectivity index (χ1) is 13.8. The fraction of sp³-hybridized carbons (Fsp3) is 0.400. The van der Waals surface area contributed by atoms with Gasteiger partial charge in [0, 0.05) is 31.8 Å². The van der Waals surface area contributed by atoms with Gasteiger partial charge in [-0.2, -0.15) is 4.31 Å². The Hall–Kier alpha value is -2.49. The van der Waals surface area contributed by atoms with E-state index in [2.05, 4.69) is 5.32 Å². The van der Waals surface area contributed by atoms with E-state index in [1.165, 1.54) is 16.4 Å². The number of likely N-dealkylation sites (N-methyl/N-ethyl adjacent to an activating group) is 1. The average molecular weight is 419 g/mol. The van der Waals surface area contributed by atoms with Gasteiger partial charge in [-0.3, -0.25) is 10.1 Å². The Kier molecular flexibility index (Phi) is 6.51. The summed E-state index contributed by atoms with van der Waals surface area (Å²) in [6.07, 6.45) is 1.60. The van der Waals surface area contributed by atoms with Crippen LogP contribution in [-0.4, -0.2) is 56.3 Å². The van der Waals surface area contributed by atoms with Crippen molar-refractivity contribution in [2.45, 2.75) is 23.8 Å². The first-order valence-electron chi connectivity index (χ1n) is 9.54. The van der Waals surface area contributed by atoms with E-state index in [4.69, 9.17) is 0 Å². The molecule has 9 heteroatoms. The first kappa shape index (κ1) is 21.2. The van der Waals surface area contributed by atoms with Gasteiger partial charge >= 0.3 is 0 Å². The quantitative estimate of drug-likeness (QED) is 0.523. The lowest BCUT2D eigenvalue weighted by Gasteiger charge is -2.26. The van der Waals surface area contributed by atoms with Crippen molar-refractivity contribution in [3.63, 3.8) is 0 Å². The second-order valence-electron chi connectivity index (χ2n) is 7.32. The molecule has 1 N–H and O–H groups in total. The molecule has 0 amide bonds. The molecular weight excluding hydrogens is 392 g/mol. The molecule has 3 rings (SSSR count). The van der Waals surface area contributed by atoms with Gasteiger partial charge in [-0.05, 0) is 38.6 Å². The second-order valence-corrected chi connectivity index (χ2v) is 9.23. The molecule has 156 valence electrons. The molecule has 1 atom stereocenters. The van der Waals surface area contributed by atoms with E-state index < -0.39 is 14.9 Å². The lowest BCUT2D eigenvalue weighted by atomic mass is 10.1. The topological polar surface area (TPSA) is 95.8 Å². The SMILES string of the molecule is CN(C)C(CNc1ccc([N+](=O)[O-])cc1S(=O)(=O)N1CCCC1)c1ccccc1. The molecule has 8 nitrogen and oxygen atoms in total. The van der Waals surface area contributed by atoms with Crippen molar-refractivity contribution >= 4 is 21.4 Å². The number of non-ortho nitro benzene ring substituents is 1. The van der Waals surface area contributed by atoms with Crippen molar-refractivity contribution in [3.8, 4) is 0 Å². The number of hydrogen-bond acceptors (Lipinski definition) is 6. The molecule has 1 aliphatic heterocycles. The Morgan fingerprint density at radius 1 is 1.14 bits per heavy atom. The molecule has 1 saturated heterocycles. The van der Waals surface area contributed by atoms with Crippen LogP contribution in [0, 0.1) is 10.1 Å². The van der Waals surface area contributed by atoms with Crippen molar-refractivity contribution in [1.82, 2.24) is 9.21 Å². The number of rotatable bonds is 8. The minimum atomic E-state index is -3.81. The third kappa shape index (κ3) is 4.75. The van der Waals surface area contributed by atoms with Crippen LogP contribution in [0.5, 0.6) is 0 Å². The number of nitrogens with one attached hydrogen (secondary N) is 1. The van der Waals surface area contributed by atoms with Gasteiger partial charge in [-0.1, -0.05) is 30.3 Å². The number of sulfonamides is 1. The zero-order chi connectivity index (χ0) is 21.0. The third-order valence-corrected chi connectivity index (χ3v) is 7.09. The molecule has 0 aliphatic carbocycles. The summed E-state index contributed by atoms with van der Waals surface area (Å²) in [5.74, 6) is 0. The van der Waals surface area contributed by atoms with Crippen LogP contribution in [0.4, 0.5) is 11.4 Å². The predicted molar refractivity (Wildman–Crippen MR) is 112 cm³/mol. The van der Waals surface area contributed by atoms with Crippen molar-refractivity contribution in [2.24, 2.45) is 0 Å². The fourth-order valence-electron chi connectivity index (χ4n) is 3.53. The van der Waals surface area contributed by atoms with Crippen LogP contribution in [0.15, 0.2) is 53.4 Å². The Morgan fingerprint density at radius 2 is 1.79 bits per heavy atom. The maximum atomic E-state index is 13.1. The van der Waals surface area contributed by atoms with Gasteiger partial charge < -0.3 is 10.2 Å². The van der Waals surface area contributed by atoms with Crippen LogP contribution in [0.2, 0.25) is 0 Å². The maximum absolute atomic E-state index is 13.1. The molecule has 1 heterocycles. The third-order valence-electron chi connectivity index (χ3n) is 5.15. The molecule has 29 heavy (non-hydrogen) atoms. The minimum absolute atomic E-state index is 0.00809. The molecular formula is C20H26N4O4S. The minimum Gasteiger partial charge on any atom is -0.382 e. The highest BCUT2D eigenvalue weighted by molar-refractivity contribution is 7.89. The van der Waals surface area contributed by atoms with E-state index in [-0.39, 0.29) is 16.6 Å². The van der Waals surface area contributed by atoms with Gasteiger partial charge in [0.2, 0.25) is 10.0 Å². The van der Waals surface area contributed by atoms with Crippen molar-refractivity contribution in [2.75, 3.05) is 39.0 Å². The molecule has 0 bridgehead atoms. The van der Waals surface area contributed by atoms with Crippen molar-refractivity contribution in [1.29, 1.82) is 0 Å². The number of hydrogen-bond donors (Lipinski definition) is 1. The smallest absolute Gasteiger partial charge is 0.270 e. The summed E-state index contributed by atoms with van der Waals surface area (Å²) in [6, 6.07) is 13.9. The molecule has 1 fully saturated rings. The summed E-state index contributed by atoms with van der Waals surface area (Å²) in [6.45, 7) is 1.33. The zero-order valence-corrected chi connectivity index (χ0v) is 17.4. The van der Waals surface area contributed by atoms with Crippen LogP contribution < -0.4 is 5.32 Å². The van der Waals surface area contributed by atoms with Gasteiger partial charge in [0.15, 0.2) is 0 Å². The number of benzene rings is 2. The summed E-state index contributed by atoms with van der Waals surface area (Å²) in [7, 11) is 0.105. The monoisotopic (exact) mass is 418 g/mol. The second kappa shape index (κ2) is 8.89. The summed E-state index contributed by atoms with van der Waals surface area (Å²) < 4.78 is 27.7. The van der Waals surface area contributed by atoms with Crippen molar-refractivity contribution < 1.29 is 13.3 Å². The van der Waals surface area contributed by atoms with E-state index in [1.807, 2.05) is 49.3 Å². The number of nitro groups is 1. The lowest BCUT2D eigenvalue weighted by Crippen LogP contribution is -2.30. The molecule has 1 unspecified atom stereocenters. The van der Waals surface area contributed by atoms with E-state index >= 15 is 0 Å². The fourth-order valence-corrected chi connectivity index (χ4v) is 5.24. The normalized spacial score (nSPS) is 16.1. The standard InChI is InChI=1S/C20H26N4O4S/c1-22(2)19(16-8-4-3-5-9-16)15-21-18-11-10-17(24(25)26)14-20(18)29(27,28)23-12-6-7-13-23/h3-5,8-11,14,19,21H,6-7,12-13,15H2,1-2H3. The van der Waals surface area contributed by atoms with Crippen LogP contribution in [0.25, 0.3) is 0 Å². The largest absolute Gasteiger partial charge is 0.382 e. The molecule has 0 spiro atoms. The Morgan fingerprint density at radius 3 is 2.38 bits per heavy atom. The van der Waals surface area contributed by atoms with Crippen LogP contribution >= 0.6 is 0 Å². The number of nitro benzene ring substituents is 1. The van der Waals surface area contributed by atoms with Gasteiger partial charge in [0.25, 0.3) is 5.69 Å². The Bertz CT molecular complexity index is 958. The number of anilines is 1. The van der Waals surface area contributed by atoms with Crippen LogP contribution in [0.3, 0.4) is 0 Å². The molecule has 2 aromatic rings.